The average Bonchev–Trinajstić information content (AvgIpc) is 3.11. The van der Waals surface area contributed by atoms with E-state index < -0.39 is 0 Å². The van der Waals surface area contributed by atoms with Gasteiger partial charge in [0.1, 0.15) is 0 Å². The van der Waals surface area contributed by atoms with Crippen LogP contribution in [0.25, 0.3) is 0 Å². The molecule has 0 bridgehead atoms. The molecule has 2 aromatic rings. The van der Waals surface area contributed by atoms with Crippen LogP contribution in [0.5, 0.6) is 0 Å². The summed E-state index contributed by atoms with van der Waals surface area (Å²) in [7, 11) is 0. The quantitative estimate of drug-likeness (QED) is 0.556. The van der Waals surface area contributed by atoms with Crippen LogP contribution in [-0.4, -0.2) is 29.5 Å². The van der Waals surface area contributed by atoms with Crippen LogP contribution < -0.4 is 0 Å². The number of hydrogen-bond donors (Lipinski definition) is 0. The molecule has 0 aromatic heterocycles. The van der Waals surface area contributed by atoms with E-state index in [0.29, 0.717) is 12.4 Å². The topological polar surface area (TPSA) is 49.4 Å². The Labute approximate surface area is 174 Å². The molecule has 0 fully saturated rings. The lowest BCUT2D eigenvalue weighted by Crippen LogP contribution is -2.12. The van der Waals surface area contributed by atoms with E-state index in [1.165, 1.54) is 33.4 Å². The lowest BCUT2D eigenvalue weighted by Gasteiger charge is -2.08. The van der Waals surface area contributed by atoms with E-state index in [4.69, 9.17) is 15.0 Å². The lowest BCUT2D eigenvalue weighted by atomic mass is 10.1. The van der Waals surface area contributed by atoms with Crippen molar-refractivity contribution in [2.45, 2.75) is 55.4 Å². The molecular weight excluding hydrogens is 356 g/mol. The van der Waals surface area contributed by atoms with Gasteiger partial charge in [-0.3, -0.25) is 9.98 Å². The molecule has 2 aromatic carbocycles. The molecule has 0 spiro atoms. The van der Waals surface area contributed by atoms with Gasteiger partial charge in [0.15, 0.2) is 5.84 Å². The molecule has 0 atom stereocenters. The highest BCUT2D eigenvalue weighted by Crippen LogP contribution is 2.27. The van der Waals surface area contributed by atoms with Gasteiger partial charge in [-0.15, -0.1) is 0 Å². The molecule has 1 aliphatic rings. The molecule has 150 valence electrons. The smallest absolute Gasteiger partial charge is 0.169 e. The highest BCUT2D eigenvalue weighted by molar-refractivity contribution is 6.52. The number of benzene rings is 2. The summed E-state index contributed by atoms with van der Waals surface area (Å²) in [5.74, 6) is 0.700. The fourth-order valence-corrected chi connectivity index (χ4v) is 3.89. The zero-order valence-electron chi connectivity index (χ0n) is 18.8. The standard InChI is InChI=1S/C25H30N4/c1-14-9-16(3)23(17(4)10-14)27-20(7)22-13-26-25(29-22)21(8)28-24-18(5)11-15(2)12-19(24)6/h9-12H,13H2,1-8H3. The van der Waals surface area contributed by atoms with Crippen molar-refractivity contribution in [1.29, 1.82) is 0 Å². The molecule has 3 rings (SSSR count). The molecule has 0 saturated heterocycles. The molecule has 1 heterocycles. The second-order valence-corrected chi connectivity index (χ2v) is 8.09. The minimum absolute atomic E-state index is 0.549. The minimum atomic E-state index is 0.549. The zero-order valence-corrected chi connectivity index (χ0v) is 18.8. The summed E-state index contributed by atoms with van der Waals surface area (Å²) in [6.45, 7) is 17.2. The van der Waals surface area contributed by atoms with Gasteiger partial charge in [-0.1, -0.05) is 35.4 Å². The van der Waals surface area contributed by atoms with Gasteiger partial charge in [0.2, 0.25) is 0 Å². The fourth-order valence-electron chi connectivity index (χ4n) is 3.89. The van der Waals surface area contributed by atoms with E-state index >= 15 is 0 Å². The Morgan fingerprint density at radius 2 is 1.10 bits per heavy atom. The first kappa shape index (κ1) is 20.8. The average molecular weight is 387 g/mol. The Balaban J connectivity index is 1.88. The molecule has 0 unspecified atom stereocenters. The summed E-state index contributed by atoms with van der Waals surface area (Å²) < 4.78 is 0. The molecule has 0 amide bonds. The number of aliphatic imine (C=N–C) groups is 4. The first-order valence-electron chi connectivity index (χ1n) is 10.0. The summed E-state index contributed by atoms with van der Waals surface area (Å²) in [6.07, 6.45) is 0. The van der Waals surface area contributed by atoms with Crippen molar-refractivity contribution < 1.29 is 0 Å². The van der Waals surface area contributed by atoms with Crippen LogP contribution >= 0.6 is 0 Å². The van der Waals surface area contributed by atoms with Crippen molar-refractivity contribution in [3.8, 4) is 0 Å². The Bertz CT molecular complexity index is 1050. The summed E-state index contributed by atoms with van der Waals surface area (Å²) in [5.41, 5.74) is 11.9. The Hall–Kier alpha value is -2.88. The Kier molecular flexibility index (Phi) is 5.92. The van der Waals surface area contributed by atoms with E-state index in [0.717, 1.165) is 28.5 Å². The molecule has 0 aliphatic carbocycles. The largest absolute Gasteiger partial charge is 0.259 e. The molecular formula is C25H30N4. The van der Waals surface area contributed by atoms with Crippen LogP contribution in [0.3, 0.4) is 0 Å². The number of amidine groups is 1. The van der Waals surface area contributed by atoms with Crippen LogP contribution in [0.15, 0.2) is 44.2 Å². The molecule has 4 nitrogen and oxygen atoms in total. The summed E-state index contributed by atoms with van der Waals surface area (Å²) in [5, 5.41) is 0. The third-order valence-electron chi connectivity index (χ3n) is 5.19. The molecule has 0 saturated carbocycles. The number of aryl methyl sites for hydroxylation is 6. The van der Waals surface area contributed by atoms with Crippen molar-refractivity contribution in [3.63, 3.8) is 0 Å². The van der Waals surface area contributed by atoms with E-state index in [-0.39, 0.29) is 0 Å². The number of rotatable bonds is 4. The zero-order chi connectivity index (χ0) is 21.3. The molecule has 0 N–H and O–H groups in total. The lowest BCUT2D eigenvalue weighted by molar-refractivity contribution is 1.28. The van der Waals surface area contributed by atoms with Crippen molar-refractivity contribution in [2.75, 3.05) is 6.54 Å². The monoisotopic (exact) mass is 386 g/mol. The summed E-state index contributed by atoms with van der Waals surface area (Å²) in [6, 6.07) is 8.65. The van der Waals surface area contributed by atoms with Gasteiger partial charge in [0, 0.05) is 0 Å². The molecule has 1 aliphatic heterocycles. The van der Waals surface area contributed by atoms with Crippen molar-refractivity contribution in [2.24, 2.45) is 20.0 Å². The van der Waals surface area contributed by atoms with Crippen LogP contribution in [0.2, 0.25) is 0 Å². The summed E-state index contributed by atoms with van der Waals surface area (Å²) >= 11 is 0. The van der Waals surface area contributed by atoms with Gasteiger partial charge in [-0.25, -0.2) is 9.98 Å². The highest BCUT2D eigenvalue weighted by Gasteiger charge is 2.16. The number of nitrogens with zero attached hydrogens (tertiary/aromatic N) is 4. The second kappa shape index (κ2) is 8.24. The van der Waals surface area contributed by atoms with E-state index in [1.54, 1.807) is 0 Å². The molecule has 4 heteroatoms. The maximum absolute atomic E-state index is 4.87. The first-order chi connectivity index (χ1) is 13.7. The van der Waals surface area contributed by atoms with E-state index in [2.05, 4.69) is 70.8 Å². The van der Waals surface area contributed by atoms with Gasteiger partial charge in [0.25, 0.3) is 0 Å². The van der Waals surface area contributed by atoms with Gasteiger partial charge in [0.05, 0.1) is 35.1 Å². The van der Waals surface area contributed by atoms with Gasteiger partial charge in [-0.2, -0.15) is 0 Å². The SMILES string of the molecule is CC(=Nc1c(C)cc(C)cc1C)C1=NC(C(C)=Nc2c(C)cc(C)cc2C)=NC1. The van der Waals surface area contributed by atoms with Crippen molar-refractivity contribution in [3.05, 3.63) is 57.6 Å². The molecule has 0 radical (unpaired) electrons. The minimum Gasteiger partial charge on any atom is -0.259 e. The Morgan fingerprint density at radius 1 is 0.690 bits per heavy atom. The maximum atomic E-state index is 4.87. The third kappa shape index (κ3) is 4.58. The van der Waals surface area contributed by atoms with Gasteiger partial charge >= 0.3 is 0 Å². The predicted molar refractivity (Wildman–Crippen MR) is 127 cm³/mol. The van der Waals surface area contributed by atoms with Gasteiger partial charge in [-0.05, 0) is 77.6 Å². The Morgan fingerprint density at radius 3 is 1.55 bits per heavy atom. The fraction of sp³-hybridized carbons (Fsp3) is 0.360. The maximum Gasteiger partial charge on any atom is 0.169 e. The van der Waals surface area contributed by atoms with Crippen LogP contribution in [0.1, 0.15) is 47.2 Å². The van der Waals surface area contributed by atoms with Crippen LogP contribution in [-0.2, 0) is 0 Å². The van der Waals surface area contributed by atoms with Crippen molar-refractivity contribution >= 4 is 34.3 Å². The molecule has 29 heavy (non-hydrogen) atoms. The third-order valence-corrected chi connectivity index (χ3v) is 5.19. The number of hydrogen-bond acceptors (Lipinski definition) is 4. The van der Waals surface area contributed by atoms with Crippen LogP contribution in [0.4, 0.5) is 11.4 Å². The van der Waals surface area contributed by atoms with E-state index in [9.17, 15) is 0 Å². The highest BCUT2D eigenvalue weighted by atomic mass is 15.0. The normalized spacial score (nSPS) is 14.9. The second-order valence-electron chi connectivity index (χ2n) is 8.09. The van der Waals surface area contributed by atoms with Crippen LogP contribution in [0, 0.1) is 41.5 Å². The van der Waals surface area contributed by atoms with Crippen molar-refractivity contribution in [1.82, 2.24) is 0 Å². The predicted octanol–water partition coefficient (Wildman–Crippen LogP) is 6.28. The first-order valence-corrected chi connectivity index (χ1v) is 10.0. The van der Waals surface area contributed by atoms with E-state index in [1.807, 2.05) is 13.8 Å². The summed E-state index contributed by atoms with van der Waals surface area (Å²) in [4.78, 5) is 19.1. The van der Waals surface area contributed by atoms with Gasteiger partial charge < -0.3 is 0 Å².